The van der Waals surface area contributed by atoms with Crippen LogP contribution in [-0.2, 0) is 0 Å². The van der Waals surface area contributed by atoms with E-state index in [1.54, 1.807) is 12.3 Å². The Bertz CT molecular complexity index is 1640. The first-order valence-corrected chi connectivity index (χ1v) is 13.2. The molecule has 4 heteroatoms. The number of fused-ring (bicyclic) bond motifs is 7. The van der Waals surface area contributed by atoms with Crippen LogP contribution in [0.4, 0.5) is 0 Å². The van der Waals surface area contributed by atoms with Crippen LogP contribution in [0.15, 0.2) is 97.7 Å². The van der Waals surface area contributed by atoms with Crippen molar-refractivity contribution >= 4 is 32.4 Å². The summed E-state index contributed by atoms with van der Waals surface area (Å²) in [5.74, 6) is 2.25. The number of piperidine rings is 3. The third kappa shape index (κ3) is 3.67. The number of hydrogen-bond donors (Lipinski definition) is 1. The molecular weight excluding hydrogens is 456 g/mol. The maximum atomic E-state index is 10.6. The predicted molar refractivity (Wildman–Crippen MR) is 150 cm³/mol. The summed E-state index contributed by atoms with van der Waals surface area (Å²) in [5, 5.41) is 16.2. The first-order chi connectivity index (χ1) is 18.2. The number of rotatable bonds is 5. The van der Waals surface area contributed by atoms with Gasteiger partial charge in [0.05, 0.1) is 6.04 Å². The second kappa shape index (κ2) is 8.89. The molecular formula is C33H30N2O2. The lowest BCUT2D eigenvalue weighted by Crippen LogP contribution is -2.55. The fraction of sp³-hybridized carbons (Fsp3) is 0.242. The molecule has 3 aliphatic heterocycles. The second-order valence-corrected chi connectivity index (χ2v) is 10.5. The predicted octanol–water partition coefficient (Wildman–Crippen LogP) is 7.26. The van der Waals surface area contributed by atoms with E-state index < -0.39 is 0 Å². The Morgan fingerprint density at radius 2 is 1.73 bits per heavy atom. The number of ether oxygens (including phenoxy) is 1. The van der Waals surface area contributed by atoms with Crippen LogP contribution in [-0.4, -0.2) is 34.1 Å². The molecule has 0 radical (unpaired) electrons. The van der Waals surface area contributed by atoms with Crippen molar-refractivity contribution in [3.8, 4) is 11.5 Å². The van der Waals surface area contributed by atoms with Crippen LogP contribution in [0.2, 0.25) is 0 Å². The third-order valence-corrected chi connectivity index (χ3v) is 8.58. The fourth-order valence-electron chi connectivity index (χ4n) is 6.73. The van der Waals surface area contributed by atoms with Crippen molar-refractivity contribution < 1.29 is 9.84 Å². The molecule has 184 valence electrons. The number of phenolic OH excluding ortho intramolecular Hbond substituents is 1. The van der Waals surface area contributed by atoms with Crippen LogP contribution in [0.3, 0.4) is 0 Å². The Labute approximate surface area is 216 Å². The van der Waals surface area contributed by atoms with Gasteiger partial charge < -0.3 is 9.84 Å². The standard InChI is InChI=1S/C33H30N2O2/c1-2-21-20-35-17-15-22(21)18-29(35)33(28-14-16-34-32-27(28)12-7-13-30(32)36)37-31-19-23-8-3-4-9-24(23)25-10-5-6-11-26(25)31/h2-14,16,19,21-22,29,33,36H,1,15,17-18,20H2/t21-,22-,29+,33+/m0/s1. The van der Waals surface area contributed by atoms with Crippen molar-refractivity contribution in [2.75, 3.05) is 13.1 Å². The molecule has 1 unspecified atom stereocenters. The normalized spacial score (nSPS) is 23.9. The zero-order valence-electron chi connectivity index (χ0n) is 20.8. The zero-order valence-corrected chi connectivity index (χ0v) is 20.8. The summed E-state index contributed by atoms with van der Waals surface area (Å²) in [6, 6.07) is 27.2. The van der Waals surface area contributed by atoms with Crippen LogP contribution >= 0.6 is 0 Å². The smallest absolute Gasteiger partial charge is 0.141 e. The van der Waals surface area contributed by atoms with E-state index >= 15 is 0 Å². The number of pyridine rings is 1. The third-order valence-electron chi connectivity index (χ3n) is 8.58. The number of benzene rings is 4. The van der Waals surface area contributed by atoms with Crippen molar-refractivity contribution in [1.82, 2.24) is 9.88 Å². The van der Waals surface area contributed by atoms with Gasteiger partial charge in [0.2, 0.25) is 0 Å². The van der Waals surface area contributed by atoms with Crippen molar-refractivity contribution in [1.29, 1.82) is 0 Å². The van der Waals surface area contributed by atoms with Crippen molar-refractivity contribution in [2.24, 2.45) is 11.8 Å². The lowest BCUT2D eigenvalue weighted by molar-refractivity contribution is -0.0352. The van der Waals surface area contributed by atoms with Gasteiger partial charge in [0.1, 0.15) is 23.1 Å². The molecule has 4 nitrogen and oxygen atoms in total. The molecule has 0 spiro atoms. The molecule has 4 aromatic carbocycles. The molecule has 5 aromatic rings. The highest BCUT2D eigenvalue weighted by Gasteiger charge is 2.44. The van der Waals surface area contributed by atoms with E-state index in [0.717, 1.165) is 41.6 Å². The van der Waals surface area contributed by atoms with E-state index in [-0.39, 0.29) is 17.9 Å². The zero-order chi connectivity index (χ0) is 24.9. The largest absolute Gasteiger partial charge is 0.506 e. The van der Waals surface area contributed by atoms with Crippen molar-refractivity contribution in [3.63, 3.8) is 0 Å². The Balaban J connectivity index is 1.41. The summed E-state index contributed by atoms with van der Waals surface area (Å²) < 4.78 is 7.15. The van der Waals surface area contributed by atoms with Crippen LogP contribution in [0, 0.1) is 11.8 Å². The summed E-state index contributed by atoms with van der Waals surface area (Å²) in [4.78, 5) is 7.10. The monoisotopic (exact) mass is 486 g/mol. The molecule has 3 fully saturated rings. The molecule has 0 aliphatic carbocycles. The Kier molecular flexibility index (Phi) is 5.37. The first-order valence-electron chi connectivity index (χ1n) is 13.2. The molecule has 5 atom stereocenters. The van der Waals surface area contributed by atoms with E-state index in [4.69, 9.17) is 4.74 Å². The van der Waals surface area contributed by atoms with Gasteiger partial charge in [-0.2, -0.15) is 0 Å². The Hall–Kier alpha value is -3.89. The van der Waals surface area contributed by atoms with Crippen LogP contribution in [0.5, 0.6) is 11.5 Å². The highest BCUT2D eigenvalue weighted by Crippen LogP contribution is 2.45. The minimum absolute atomic E-state index is 0.200. The molecule has 0 amide bonds. The molecule has 8 rings (SSSR count). The summed E-state index contributed by atoms with van der Waals surface area (Å²) in [6.45, 7) is 6.21. The Morgan fingerprint density at radius 3 is 2.54 bits per heavy atom. The van der Waals surface area contributed by atoms with E-state index in [1.165, 1.54) is 22.6 Å². The second-order valence-electron chi connectivity index (χ2n) is 10.5. The highest BCUT2D eigenvalue weighted by molar-refractivity contribution is 6.10. The lowest BCUT2D eigenvalue weighted by Gasteiger charge is -2.51. The number of aromatic hydroxyl groups is 1. The van der Waals surface area contributed by atoms with Gasteiger partial charge in [0, 0.05) is 29.1 Å². The van der Waals surface area contributed by atoms with Gasteiger partial charge in [0.15, 0.2) is 0 Å². The molecule has 1 aromatic heterocycles. The number of phenols is 1. The van der Waals surface area contributed by atoms with Crippen LogP contribution < -0.4 is 4.74 Å². The summed E-state index contributed by atoms with van der Waals surface area (Å²) >= 11 is 0. The van der Waals surface area contributed by atoms with Crippen LogP contribution in [0.1, 0.15) is 24.5 Å². The minimum atomic E-state index is -0.203. The summed E-state index contributed by atoms with van der Waals surface area (Å²) in [5.41, 5.74) is 1.70. The van der Waals surface area contributed by atoms with Gasteiger partial charge >= 0.3 is 0 Å². The average Bonchev–Trinajstić information content (AvgIpc) is 2.96. The quantitative estimate of drug-likeness (QED) is 0.210. The minimum Gasteiger partial charge on any atom is -0.506 e. The van der Waals surface area contributed by atoms with E-state index in [9.17, 15) is 5.11 Å². The van der Waals surface area contributed by atoms with Crippen molar-refractivity contribution in [2.45, 2.75) is 25.0 Å². The van der Waals surface area contributed by atoms with Gasteiger partial charge in [-0.25, -0.2) is 0 Å². The van der Waals surface area contributed by atoms with Gasteiger partial charge in [0.25, 0.3) is 0 Å². The summed E-state index contributed by atoms with van der Waals surface area (Å²) in [6.07, 6.45) is 6.01. The van der Waals surface area contributed by atoms with Crippen molar-refractivity contribution in [3.05, 3.63) is 103 Å². The van der Waals surface area contributed by atoms with Gasteiger partial charge in [-0.15, -0.1) is 6.58 Å². The number of aromatic nitrogens is 1. The lowest BCUT2D eigenvalue weighted by atomic mass is 9.73. The average molecular weight is 487 g/mol. The molecule has 2 bridgehead atoms. The number of para-hydroxylation sites is 1. The summed E-state index contributed by atoms with van der Waals surface area (Å²) in [7, 11) is 0. The van der Waals surface area contributed by atoms with E-state index in [2.05, 4.69) is 89.3 Å². The molecule has 4 heterocycles. The SMILES string of the molecule is C=C[C@H]1CN2CC[C@H]1C[C@@H]2[C@H](Oc1cc2ccccc2c2ccccc12)c1ccnc2c(O)cccc12. The van der Waals surface area contributed by atoms with Gasteiger partial charge in [-0.3, -0.25) is 9.88 Å². The van der Waals surface area contributed by atoms with Gasteiger partial charge in [-0.1, -0.05) is 66.7 Å². The van der Waals surface area contributed by atoms with Gasteiger partial charge in [-0.05, 0) is 65.6 Å². The topological polar surface area (TPSA) is 45.6 Å². The first kappa shape index (κ1) is 22.3. The number of hydrogen-bond acceptors (Lipinski definition) is 4. The number of nitrogens with zero attached hydrogens (tertiary/aromatic N) is 2. The molecule has 3 aliphatic rings. The molecule has 3 saturated heterocycles. The van der Waals surface area contributed by atoms with E-state index in [1.807, 2.05) is 6.07 Å². The maximum Gasteiger partial charge on any atom is 0.141 e. The fourth-order valence-corrected chi connectivity index (χ4v) is 6.73. The maximum absolute atomic E-state index is 10.6. The molecule has 37 heavy (non-hydrogen) atoms. The molecule has 0 saturated carbocycles. The van der Waals surface area contributed by atoms with E-state index in [0.29, 0.717) is 17.4 Å². The van der Waals surface area contributed by atoms with Crippen LogP contribution in [0.25, 0.3) is 32.4 Å². The highest BCUT2D eigenvalue weighted by atomic mass is 16.5. The Morgan fingerprint density at radius 1 is 0.946 bits per heavy atom. The molecule has 1 N–H and O–H groups in total.